The van der Waals surface area contributed by atoms with Crippen LogP contribution in [0.1, 0.15) is 27.0 Å². The molecule has 2 N–H and O–H groups in total. The van der Waals surface area contributed by atoms with E-state index in [-0.39, 0.29) is 22.4 Å². The van der Waals surface area contributed by atoms with E-state index in [9.17, 15) is 13.6 Å². The fraction of sp³-hybridized carbons (Fsp3) is 0.133. The minimum Gasteiger partial charge on any atom is -0.398 e. The van der Waals surface area contributed by atoms with E-state index in [2.05, 4.69) is 0 Å². The summed E-state index contributed by atoms with van der Waals surface area (Å²) in [5, 5.41) is 0. The number of hydrogen-bond donors (Lipinski definition) is 1. The normalized spacial score (nSPS) is 10.5. The molecule has 0 aliphatic rings. The lowest BCUT2D eigenvalue weighted by Gasteiger charge is -2.08. The van der Waals surface area contributed by atoms with Gasteiger partial charge in [0.15, 0.2) is 5.78 Å². The van der Waals surface area contributed by atoms with Gasteiger partial charge < -0.3 is 5.73 Å². The van der Waals surface area contributed by atoms with Crippen LogP contribution in [0.3, 0.4) is 0 Å². The summed E-state index contributed by atoms with van der Waals surface area (Å²) in [6.45, 7) is 3.29. The Morgan fingerprint density at radius 3 is 2.37 bits per heavy atom. The zero-order chi connectivity index (χ0) is 14.2. The van der Waals surface area contributed by atoms with E-state index < -0.39 is 17.4 Å². The first-order valence-corrected chi connectivity index (χ1v) is 5.76. The fourth-order valence-electron chi connectivity index (χ4n) is 1.84. The van der Waals surface area contributed by atoms with Crippen LogP contribution in [-0.2, 0) is 0 Å². The molecule has 0 saturated carbocycles. The van der Waals surface area contributed by atoms with Gasteiger partial charge in [0.05, 0.1) is 5.56 Å². The van der Waals surface area contributed by atoms with Crippen LogP contribution in [-0.4, -0.2) is 5.78 Å². The first kappa shape index (κ1) is 13.2. The van der Waals surface area contributed by atoms with Gasteiger partial charge in [0, 0.05) is 17.3 Å². The molecule has 0 aliphatic carbocycles. The number of carbonyl (C=O) groups is 1. The molecule has 19 heavy (non-hydrogen) atoms. The van der Waals surface area contributed by atoms with Gasteiger partial charge in [0.2, 0.25) is 0 Å². The van der Waals surface area contributed by atoms with Crippen LogP contribution >= 0.6 is 0 Å². The molecular formula is C15H13F2NO. The van der Waals surface area contributed by atoms with Crippen LogP contribution in [0, 0.1) is 25.5 Å². The Morgan fingerprint density at radius 1 is 1.00 bits per heavy atom. The van der Waals surface area contributed by atoms with Crippen molar-refractivity contribution in [2.45, 2.75) is 13.8 Å². The maximum atomic E-state index is 13.7. The van der Waals surface area contributed by atoms with Gasteiger partial charge in [-0.2, -0.15) is 0 Å². The van der Waals surface area contributed by atoms with Crippen LogP contribution in [0.5, 0.6) is 0 Å². The van der Waals surface area contributed by atoms with Gasteiger partial charge in [-0.1, -0.05) is 11.6 Å². The lowest BCUT2D eigenvalue weighted by molar-refractivity contribution is 0.103. The number of hydrogen-bond acceptors (Lipinski definition) is 2. The van der Waals surface area contributed by atoms with E-state index in [1.54, 1.807) is 18.2 Å². The molecule has 0 heterocycles. The zero-order valence-corrected chi connectivity index (χ0v) is 10.6. The number of rotatable bonds is 2. The summed E-state index contributed by atoms with van der Waals surface area (Å²) in [7, 11) is 0. The molecule has 4 heteroatoms. The van der Waals surface area contributed by atoms with Gasteiger partial charge in [0.1, 0.15) is 11.6 Å². The molecule has 0 aliphatic heterocycles. The van der Waals surface area contributed by atoms with Gasteiger partial charge in [-0.3, -0.25) is 4.79 Å². The number of nitrogen functional groups attached to an aromatic ring is 1. The second-order valence-electron chi connectivity index (χ2n) is 4.50. The molecule has 0 unspecified atom stereocenters. The van der Waals surface area contributed by atoms with Crippen LogP contribution < -0.4 is 5.73 Å². The minimum atomic E-state index is -0.881. The highest BCUT2D eigenvalue weighted by molar-refractivity contribution is 6.12. The molecule has 0 spiro atoms. The van der Waals surface area contributed by atoms with Crippen molar-refractivity contribution in [1.29, 1.82) is 0 Å². The predicted octanol–water partition coefficient (Wildman–Crippen LogP) is 3.39. The first-order chi connectivity index (χ1) is 8.90. The molecular weight excluding hydrogens is 248 g/mol. The second kappa shape index (κ2) is 4.80. The Morgan fingerprint density at radius 2 is 1.68 bits per heavy atom. The topological polar surface area (TPSA) is 43.1 Å². The van der Waals surface area contributed by atoms with Gasteiger partial charge in [-0.25, -0.2) is 8.78 Å². The lowest BCUT2D eigenvalue weighted by atomic mass is 9.98. The Labute approximate surface area is 109 Å². The van der Waals surface area contributed by atoms with Crippen LogP contribution in [0.4, 0.5) is 14.5 Å². The first-order valence-electron chi connectivity index (χ1n) is 5.76. The lowest BCUT2D eigenvalue weighted by Crippen LogP contribution is -2.09. The third-order valence-corrected chi connectivity index (χ3v) is 2.95. The summed E-state index contributed by atoms with van der Waals surface area (Å²) in [5.41, 5.74) is 7.12. The molecule has 0 saturated heterocycles. The largest absolute Gasteiger partial charge is 0.398 e. The number of benzene rings is 2. The fourth-order valence-corrected chi connectivity index (χ4v) is 1.84. The maximum absolute atomic E-state index is 13.7. The number of nitrogens with two attached hydrogens (primary N) is 1. The zero-order valence-electron chi connectivity index (χ0n) is 10.6. The molecule has 0 amide bonds. The van der Waals surface area contributed by atoms with E-state index in [1.165, 1.54) is 13.0 Å². The summed E-state index contributed by atoms with van der Waals surface area (Å²) in [6, 6.07) is 6.87. The third-order valence-electron chi connectivity index (χ3n) is 2.95. The van der Waals surface area contributed by atoms with E-state index in [4.69, 9.17) is 5.73 Å². The van der Waals surface area contributed by atoms with Crippen LogP contribution in [0.2, 0.25) is 0 Å². The van der Waals surface area contributed by atoms with Crippen molar-refractivity contribution in [2.24, 2.45) is 0 Å². The van der Waals surface area contributed by atoms with Crippen LogP contribution in [0.15, 0.2) is 30.3 Å². The Kier molecular flexibility index (Phi) is 3.34. The van der Waals surface area contributed by atoms with Crippen molar-refractivity contribution < 1.29 is 13.6 Å². The summed E-state index contributed by atoms with van der Waals surface area (Å²) >= 11 is 0. The van der Waals surface area contributed by atoms with Gasteiger partial charge in [0.25, 0.3) is 0 Å². The monoisotopic (exact) mass is 261 g/mol. The van der Waals surface area contributed by atoms with Crippen molar-refractivity contribution in [3.63, 3.8) is 0 Å². The van der Waals surface area contributed by atoms with Crippen molar-refractivity contribution in [3.8, 4) is 0 Å². The standard InChI is InChI=1S/C15H13F2NO/c1-8-3-4-14(18)11(5-8)15(19)10-6-9(2)12(16)7-13(10)17/h3-7H,18H2,1-2H3. The van der Waals surface area contributed by atoms with E-state index >= 15 is 0 Å². The maximum Gasteiger partial charge on any atom is 0.198 e. The third kappa shape index (κ3) is 2.47. The summed E-state index contributed by atoms with van der Waals surface area (Å²) in [5.74, 6) is -2.10. The average Bonchev–Trinajstić information content (AvgIpc) is 2.36. The number of carbonyl (C=O) groups excluding carboxylic acids is 1. The van der Waals surface area contributed by atoms with Crippen molar-refractivity contribution >= 4 is 11.5 Å². The molecule has 98 valence electrons. The Bertz CT molecular complexity index is 665. The quantitative estimate of drug-likeness (QED) is 0.665. The smallest absolute Gasteiger partial charge is 0.198 e. The number of halogens is 2. The van der Waals surface area contributed by atoms with Gasteiger partial charge >= 0.3 is 0 Å². The summed E-state index contributed by atoms with van der Waals surface area (Å²) < 4.78 is 26.9. The number of aryl methyl sites for hydroxylation is 2. The van der Waals surface area contributed by atoms with E-state index in [1.807, 2.05) is 6.92 Å². The molecule has 0 fully saturated rings. The van der Waals surface area contributed by atoms with E-state index in [0.717, 1.165) is 5.56 Å². The highest BCUT2D eigenvalue weighted by Gasteiger charge is 2.18. The Balaban J connectivity index is 2.56. The van der Waals surface area contributed by atoms with Crippen molar-refractivity contribution in [2.75, 3.05) is 5.73 Å². The minimum absolute atomic E-state index is 0.170. The van der Waals surface area contributed by atoms with Crippen LogP contribution in [0.25, 0.3) is 0 Å². The predicted molar refractivity (Wildman–Crippen MR) is 70.1 cm³/mol. The number of ketones is 1. The van der Waals surface area contributed by atoms with Gasteiger partial charge in [-0.15, -0.1) is 0 Å². The Hall–Kier alpha value is -2.23. The number of anilines is 1. The second-order valence-corrected chi connectivity index (χ2v) is 4.50. The summed E-state index contributed by atoms with van der Waals surface area (Å²) in [6.07, 6.45) is 0. The molecule has 0 aromatic heterocycles. The molecule has 2 aromatic rings. The van der Waals surface area contributed by atoms with Crippen molar-refractivity contribution in [3.05, 3.63) is 64.2 Å². The summed E-state index contributed by atoms with van der Waals surface area (Å²) in [4.78, 5) is 12.3. The average molecular weight is 261 g/mol. The molecule has 2 aromatic carbocycles. The van der Waals surface area contributed by atoms with Gasteiger partial charge in [-0.05, 0) is 37.6 Å². The molecule has 0 atom stereocenters. The van der Waals surface area contributed by atoms with Crippen molar-refractivity contribution in [1.82, 2.24) is 0 Å². The highest BCUT2D eigenvalue weighted by atomic mass is 19.1. The molecule has 0 radical (unpaired) electrons. The SMILES string of the molecule is Cc1ccc(N)c(C(=O)c2cc(C)c(F)cc2F)c1. The molecule has 0 bridgehead atoms. The highest BCUT2D eigenvalue weighted by Crippen LogP contribution is 2.22. The molecule has 2 rings (SSSR count). The molecule has 2 nitrogen and oxygen atoms in total. The van der Waals surface area contributed by atoms with E-state index in [0.29, 0.717) is 6.07 Å².